The molecule has 1 aromatic rings. The number of carbonyl (C=O) groups is 1. The summed E-state index contributed by atoms with van der Waals surface area (Å²) in [5.41, 5.74) is 1.28. The molecule has 4 heterocycles. The number of carbonyl (C=O) groups excluding carboxylic acids is 1. The molecule has 2 fully saturated rings. The van der Waals surface area contributed by atoms with Crippen molar-refractivity contribution >= 4 is 17.2 Å². The minimum absolute atomic E-state index is 0.0927. The monoisotopic (exact) mass is 363 g/mol. The second-order valence-corrected chi connectivity index (χ2v) is 8.77. The van der Waals surface area contributed by atoms with Crippen molar-refractivity contribution in [3.05, 3.63) is 21.9 Å². The lowest BCUT2D eigenvalue weighted by molar-refractivity contribution is -0.151. The number of nitrogens with zero attached hydrogens (tertiary/aromatic N) is 2. The van der Waals surface area contributed by atoms with E-state index in [-0.39, 0.29) is 23.7 Å². The summed E-state index contributed by atoms with van der Waals surface area (Å²) in [6.45, 7) is 9.33. The van der Waals surface area contributed by atoms with Crippen LogP contribution in [0.25, 0.3) is 0 Å². The van der Waals surface area contributed by atoms with E-state index in [1.54, 1.807) is 0 Å². The smallest absolute Gasteiger partial charge is 0.237 e. The van der Waals surface area contributed by atoms with Crippen LogP contribution in [-0.2, 0) is 16.0 Å². The Morgan fingerprint density at radius 1 is 1.52 bits per heavy atom. The Labute approximate surface area is 154 Å². The minimum atomic E-state index is -0.0927. The van der Waals surface area contributed by atoms with E-state index in [9.17, 15) is 4.79 Å². The normalized spacial score (nSPS) is 33.0. The van der Waals surface area contributed by atoms with E-state index >= 15 is 0 Å². The lowest BCUT2D eigenvalue weighted by Crippen LogP contribution is -2.58. The molecule has 0 saturated carbocycles. The van der Waals surface area contributed by atoms with Crippen molar-refractivity contribution in [1.82, 2.24) is 15.1 Å². The molecule has 3 atom stereocenters. The van der Waals surface area contributed by atoms with E-state index in [1.165, 1.54) is 10.4 Å². The zero-order valence-corrected chi connectivity index (χ0v) is 16.1. The van der Waals surface area contributed by atoms with Gasteiger partial charge in [0.2, 0.25) is 5.91 Å². The van der Waals surface area contributed by atoms with Crippen molar-refractivity contribution in [2.75, 3.05) is 39.3 Å². The molecule has 25 heavy (non-hydrogen) atoms. The number of nitrogens with one attached hydrogen (secondary N) is 1. The first-order valence-electron chi connectivity index (χ1n) is 9.57. The van der Waals surface area contributed by atoms with Gasteiger partial charge in [0, 0.05) is 31.1 Å². The number of hydrogen-bond donors (Lipinski definition) is 1. The second kappa shape index (κ2) is 6.99. The van der Waals surface area contributed by atoms with Crippen LogP contribution in [0, 0.1) is 0 Å². The first-order valence-corrected chi connectivity index (χ1v) is 10.4. The Bertz CT molecular complexity index is 626. The van der Waals surface area contributed by atoms with Gasteiger partial charge in [-0.25, -0.2) is 0 Å². The summed E-state index contributed by atoms with van der Waals surface area (Å²) in [5.74, 6) is 0.277. The molecule has 4 rings (SSSR count). The third-order valence-electron chi connectivity index (χ3n) is 5.84. The van der Waals surface area contributed by atoms with Gasteiger partial charge in [-0.1, -0.05) is 6.92 Å². The molecular formula is C19H29N3O2S. The van der Waals surface area contributed by atoms with E-state index < -0.39 is 0 Å². The largest absolute Gasteiger partial charge is 0.368 e. The zero-order valence-electron chi connectivity index (χ0n) is 15.3. The minimum Gasteiger partial charge on any atom is -0.368 e. The summed E-state index contributed by atoms with van der Waals surface area (Å²) in [7, 11) is 0. The van der Waals surface area contributed by atoms with Crippen molar-refractivity contribution in [2.45, 2.75) is 50.9 Å². The second-order valence-electron chi connectivity index (χ2n) is 7.77. The van der Waals surface area contributed by atoms with Gasteiger partial charge in [0.1, 0.15) is 0 Å². The molecule has 1 amide bonds. The van der Waals surface area contributed by atoms with Crippen molar-refractivity contribution < 1.29 is 9.53 Å². The quantitative estimate of drug-likeness (QED) is 0.893. The first kappa shape index (κ1) is 17.5. The van der Waals surface area contributed by atoms with E-state index in [0.717, 1.165) is 52.0 Å². The Morgan fingerprint density at radius 2 is 2.40 bits per heavy atom. The number of hydrogen-bond acceptors (Lipinski definition) is 5. The molecule has 5 nitrogen and oxygen atoms in total. The van der Waals surface area contributed by atoms with Crippen LogP contribution in [0.2, 0.25) is 0 Å². The van der Waals surface area contributed by atoms with E-state index in [4.69, 9.17) is 4.74 Å². The van der Waals surface area contributed by atoms with Crippen molar-refractivity contribution in [2.24, 2.45) is 0 Å². The molecule has 1 aromatic heterocycles. The maximum atomic E-state index is 13.1. The molecule has 1 spiro atoms. The fourth-order valence-corrected chi connectivity index (χ4v) is 5.76. The number of morpholine rings is 1. The Balaban J connectivity index is 1.44. The van der Waals surface area contributed by atoms with Crippen LogP contribution in [0.5, 0.6) is 0 Å². The van der Waals surface area contributed by atoms with Crippen LogP contribution in [0.15, 0.2) is 11.4 Å². The molecule has 0 aliphatic carbocycles. The number of thiophene rings is 1. The molecule has 1 N–H and O–H groups in total. The molecule has 0 bridgehead atoms. The van der Waals surface area contributed by atoms with Gasteiger partial charge in [0.25, 0.3) is 0 Å². The van der Waals surface area contributed by atoms with Gasteiger partial charge in [-0.3, -0.25) is 9.69 Å². The van der Waals surface area contributed by atoms with Crippen LogP contribution in [0.4, 0.5) is 0 Å². The Hall–Kier alpha value is -0.950. The van der Waals surface area contributed by atoms with Gasteiger partial charge in [-0.05, 0) is 49.7 Å². The molecule has 138 valence electrons. The molecular weight excluding hydrogens is 334 g/mol. The summed E-state index contributed by atoms with van der Waals surface area (Å²) in [6.07, 6.45) is 3.22. The predicted octanol–water partition coefficient (Wildman–Crippen LogP) is 2.04. The summed E-state index contributed by atoms with van der Waals surface area (Å²) < 4.78 is 6.24. The van der Waals surface area contributed by atoms with Crippen molar-refractivity contribution in [1.29, 1.82) is 0 Å². The molecule has 3 unspecified atom stereocenters. The third kappa shape index (κ3) is 3.37. The molecule has 0 radical (unpaired) electrons. The zero-order chi connectivity index (χ0) is 17.4. The molecule has 2 saturated heterocycles. The number of fused-ring (bicyclic) bond motifs is 1. The Morgan fingerprint density at radius 3 is 3.16 bits per heavy atom. The van der Waals surface area contributed by atoms with Crippen LogP contribution in [-0.4, -0.2) is 66.7 Å². The Kier molecular flexibility index (Phi) is 4.88. The average molecular weight is 364 g/mol. The maximum absolute atomic E-state index is 13.1. The standard InChI is InChI=1S/C19H29N3O2S/c1-3-16-15-5-9-25-17(15)4-8-22(16)18(23)11-21-10-14(2)24-19(13-21)6-7-20-12-19/h5,9,14,16,20H,3-4,6-8,10-13H2,1-2H3. The van der Waals surface area contributed by atoms with Crippen LogP contribution in [0.1, 0.15) is 43.2 Å². The van der Waals surface area contributed by atoms with Crippen molar-refractivity contribution in [3.63, 3.8) is 0 Å². The van der Waals surface area contributed by atoms with Gasteiger partial charge in [-0.15, -0.1) is 11.3 Å². The van der Waals surface area contributed by atoms with Gasteiger partial charge in [0.15, 0.2) is 0 Å². The topological polar surface area (TPSA) is 44.8 Å². The number of amides is 1. The number of ether oxygens (including phenoxy) is 1. The van der Waals surface area contributed by atoms with Crippen LogP contribution < -0.4 is 5.32 Å². The first-order chi connectivity index (χ1) is 12.1. The predicted molar refractivity (Wildman–Crippen MR) is 100.0 cm³/mol. The van der Waals surface area contributed by atoms with Gasteiger partial charge in [0.05, 0.1) is 24.3 Å². The molecule has 6 heteroatoms. The van der Waals surface area contributed by atoms with Gasteiger partial charge < -0.3 is 15.0 Å². The molecule has 3 aliphatic heterocycles. The van der Waals surface area contributed by atoms with E-state index in [2.05, 4.69) is 40.4 Å². The van der Waals surface area contributed by atoms with E-state index in [0.29, 0.717) is 6.54 Å². The van der Waals surface area contributed by atoms with Crippen LogP contribution >= 0.6 is 11.3 Å². The summed E-state index contributed by atoms with van der Waals surface area (Å²) in [4.78, 5) is 19.0. The summed E-state index contributed by atoms with van der Waals surface area (Å²) in [6, 6.07) is 2.46. The SMILES string of the molecule is CCC1c2ccsc2CCN1C(=O)CN1CC(C)OC2(CCNC2)C1. The van der Waals surface area contributed by atoms with Crippen molar-refractivity contribution in [3.8, 4) is 0 Å². The van der Waals surface area contributed by atoms with Crippen LogP contribution in [0.3, 0.4) is 0 Å². The summed E-state index contributed by atoms with van der Waals surface area (Å²) in [5, 5.41) is 5.59. The fraction of sp³-hybridized carbons (Fsp3) is 0.737. The average Bonchev–Trinajstić information content (AvgIpc) is 3.22. The highest BCUT2D eigenvalue weighted by Crippen LogP contribution is 2.35. The highest BCUT2D eigenvalue weighted by molar-refractivity contribution is 7.10. The lowest BCUT2D eigenvalue weighted by atomic mass is 9.97. The van der Waals surface area contributed by atoms with Gasteiger partial charge in [-0.2, -0.15) is 0 Å². The fourth-order valence-electron chi connectivity index (χ4n) is 4.83. The van der Waals surface area contributed by atoms with E-state index in [1.807, 2.05) is 11.3 Å². The highest BCUT2D eigenvalue weighted by Gasteiger charge is 2.42. The highest BCUT2D eigenvalue weighted by atomic mass is 32.1. The van der Waals surface area contributed by atoms with Gasteiger partial charge >= 0.3 is 0 Å². The molecule has 0 aromatic carbocycles. The maximum Gasteiger partial charge on any atom is 0.237 e. The third-order valence-corrected chi connectivity index (χ3v) is 6.84. The number of rotatable bonds is 3. The molecule has 3 aliphatic rings. The summed E-state index contributed by atoms with van der Waals surface area (Å²) >= 11 is 1.83. The lowest BCUT2D eigenvalue weighted by Gasteiger charge is -2.44.